The molecule has 2 aromatic heterocycles. The summed E-state index contributed by atoms with van der Waals surface area (Å²) >= 11 is 0. The summed E-state index contributed by atoms with van der Waals surface area (Å²) < 4.78 is 13.8. The summed E-state index contributed by atoms with van der Waals surface area (Å²) in [5.41, 5.74) is 3.76. The number of ketones is 1. The molecule has 2 N–H and O–H groups in total. The number of oxazole rings is 1. The molecule has 190 valence electrons. The van der Waals surface area contributed by atoms with Gasteiger partial charge in [0.05, 0.1) is 17.6 Å². The standard InChI is InChI=1S/C26H33N5O4Si/c1-16(32)17-8-10-19-22(15-17)35-25(29-19)30-24-28-20-14-18(9-11-21(20)31(24)5)23(33)27-12-13-34-36(6,7)26(2,3)4/h8-11,14-15H,12-13H2,1-7H3,(H,27,33)(H,28,29,30). The Labute approximate surface area is 211 Å². The Morgan fingerprint density at radius 2 is 1.78 bits per heavy atom. The molecule has 36 heavy (non-hydrogen) atoms. The molecule has 0 saturated heterocycles. The van der Waals surface area contributed by atoms with Gasteiger partial charge in [-0.05, 0) is 61.5 Å². The Balaban J connectivity index is 1.45. The Hall–Kier alpha value is -3.50. The number of hydrogen-bond acceptors (Lipinski definition) is 7. The van der Waals surface area contributed by atoms with E-state index < -0.39 is 8.32 Å². The number of hydrogen-bond donors (Lipinski definition) is 2. The lowest BCUT2D eigenvalue weighted by molar-refractivity contribution is 0.0945. The average Bonchev–Trinajstić information content (AvgIpc) is 3.35. The van der Waals surface area contributed by atoms with Gasteiger partial charge in [-0.1, -0.05) is 20.8 Å². The fourth-order valence-electron chi connectivity index (χ4n) is 3.53. The molecule has 4 rings (SSSR count). The van der Waals surface area contributed by atoms with Gasteiger partial charge < -0.3 is 18.7 Å². The van der Waals surface area contributed by atoms with E-state index in [2.05, 4.69) is 54.5 Å². The minimum atomic E-state index is -1.85. The highest BCUT2D eigenvalue weighted by Gasteiger charge is 2.36. The molecule has 1 amide bonds. The Morgan fingerprint density at radius 1 is 1.06 bits per heavy atom. The van der Waals surface area contributed by atoms with Crippen LogP contribution in [0.25, 0.3) is 22.1 Å². The highest BCUT2D eigenvalue weighted by atomic mass is 28.4. The van der Waals surface area contributed by atoms with Crippen LogP contribution in [0.5, 0.6) is 0 Å². The largest absolute Gasteiger partial charge is 0.423 e. The van der Waals surface area contributed by atoms with E-state index in [9.17, 15) is 9.59 Å². The second-order valence-corrected chi connectivity index (χ2v) is 15.3. The molecule has 0 radical (unpaired) electrons. The third-order valence-electron chi connectivity index (χ3n) is 6.81. The van der Waals surface area contributed by atoms with Crippen molar-refractivity contribution in [3.63, 3.8) is 0 Å². The van der Waals surface area contributed by atoms with Gasteiger partial charge in [-0.2, -0.15) is 4.98 Å². The molecule has 0 unspecified atom stereocenters. The molecule has 0 aliphatic carbocycles. The zero-order chi connectivity index (χ0) is 26.3. The smallest absolute Gasteiger partial charge is 0.302 e. The lowest BCUT2D eigenvalue weighted by Gasteiger charge is -2.36. The quantitative estimate of drug-likeness (QED) is 0.186. The summed E-state index contributed by atoms with van der Waals surface area (Å²) in [5.74, 6) is 0.306. The predicted molar refractivity (Wildman–Crippen MR) is 143 cm³/mol. The van der Waals surface area contributed by atoms with Crippen LogP contribution in [0.2, 0.25) is 18.1 Å². The van der Waals surface area contributed by atoms with Crippen molar-refractivity contribution in [3.8, 4) is 0 Å². The number of Topliss-reactive ketones (excluding diaryl/α,β-unsaturated/α-hetero) is 1. The van der Waals surface area contributed by atoms with E-state index in [-0.39, 0.29) is 22.7 Å². The van der Waals surface area contributed by atoms with Gasteiger partial charge in [0.15, 0.2) is 19.7 Å². The first-order chi connectivity index (χ1) is 16.9. The second-order valence-electron chi connectivity index (χ2n) is 10.4. The molecule has 0 fully saturated rings. The second kappa shape index (κ2) is 9.51. The normalized spacial score (nSPS) is 12.3. The number of anilines is 2. The molecule has 9 nitrogen and oxygen atoms in total. The van der Waals surface area contributed by atoms with E-state index in [4.69, 9.17) is 8.84 Å². The zero-order valence-electron chi connectivity index (χ0n) is 21.9. The first-order valence-corrected chi connectivity index (χ1v) is 14.8. The molecular weight excluding hydrogens is 474 g/mol. The third kappa shape index (κ3) is 5.19. The highest BCUT2D eigenvalue weighted by Crippen LogP contribution is 2.36. The minimum Gasteiger partial charge on any atom is -0.423 e. The fraction of sp³-hybridized carbons (Fsp3) is 0.385. The Morgan fingerprint density at radius 3 is 2.47 bits per heavy atom. The number of nitrogens with zero attached hydrogens (tertiary/aromatic N) is 3. The van der Waals surface area contributed by atoms with Crippen LogP contribution < -0.4 is 10.6 Å². The van der Waals surface area contributed by atoms with Gasteiger partial charge in [0.25, 0.3) is 5.91 Å². The van der Waals surface area contributed by atoms with Crippen LogP contribution in [0.4, 0.5) is 12.0 Å². The molecule has 0 saturated carbocycles. The van der Waals surface area contributed by atoms with Crippen LogP contribution in [0, 0.1) is 0 Å². The number of aromatic nitrogens is 3. The predicted octanol–water partition coefficient (Wildman–Crippen LogP) is 5.41. The van der Waals surface area contributed by atoms with Crippen molar-refractivity contribution in [3.05, 3.63) is 47.5 Å². The van der Waals surface area contributed by atoms with Crippen molar-refractivity contribution < 1.29 is 18.4 Å². The topological polar surface area (TPSA) is 111 Å². The van der Waals surface area contributed by atoms with Crippen LogP contribution >= 0.6 is 0 Å². The number of carbonyl (C=O) groups excluding carboxylic acids is 2. The van der Waals surface area contributed by atoms with Crippen LogP contribution in [0.15, 0.2) is 40.8 Å². The van der Waals surface area contributed by atoms with E-state index in [1.54, 1.807) is 30.3 Å². The van der Waals surface area contributed by atoms with E-state index >= 15 is 0 Å². The summed E-state index contributed by atoms with van der Waals surface area (Å²) in [6.45, 7) is 13.4. The van der Waals surface area contributed by atoms with Crippen molar-refractivity contribution in [2.24, 2.45) is 7.05 Å². The molecular formula is C26H33N5O4Si. The first-order valence-electron chi connectivity index (χ1n) is 11.9. The molecule has 2 aromatic carbocycles. The summed E-state index contributed by atoms with van der Waals surface area (Å²) in [4.78, 5) is 33.4. The van der Waals surface area contributed by atoms with Gasteiger partial charge in [-0.3, -0.25) is 14.9 Å². The minimum absolute atomic E-state index is 0.0406. The number of carbonyl (C=O) groups is 2. The number of amides is 1. The van der Waals surface area contributed by atoms with Crippen LogP contribution in [-0.2, 0) is 11.5 Å². The summed E-state index contributed by atoms with van der Waals surface area (Å²) in [7, 11) is 0.0210. The first kappa shape index (κ1) is 25.6. The number of fused-ring (bicyclic) bond motifs is 2. The van der Waals surface area contributed by atoms with Crippen molar-refractivity contribution >= 4 is 54.1 Å². The van der Waals surface area contributed by atoms with E-state index in [1.807, 2.05) is 17.7 Å². The molecule has 0 aliphatic heterocycles. The van der Waals surface area contributed by atoms with Gasteiger partial charge in [0.2, 0.25) is 5.95 Å². The maximum Gasteiger partial charge on any atom is 0.302 e. The van der Waals surface area contributed by atoms with E-state index in [0.717, 1.165) is 5.52 Å². The highest BCUT2D eigenvalue weighted by molar-refractivity contribution is 6.74. The van der Waals surface area contributed by atoms with Gasteiger partial charge in [0, 0.05) is 24.7 Å². The van der Waals surface area contributed by atoms with Gasteiger partial charge in [-0.25, -0.2) is 4.98 Å². The molecule has 10 heteroatoms. The summed E-state index contributed by atoms with van der Waals surface area (Å²) in [5, 5.41) is 6.15. The molecule has 4 aromatic rings. The zero-order valence-corrected chi connectivity index (χ0v) is 22.9. The average molecular weight is 508 g/mol. The lowest BCUT2D eigenvalue weighted by Crippen LogP contribution is -2.42. The van der Waals surface area contributed by atoms with E-state index in [1.165, 1.54) is 6.92 Å². The van der Waals surface area contributed by atoms with Gasteiger partial charge in [-0.15, -0.1) is 0 Å². The molecule has 0 spiro atoms. The Bertz CT molecular complexity index is 1450. The van der Waals surface area contributed by atoms with E-state index in [0.29, 0.717) is 46.8 Å². The fourth-order valence-corrected chi connectivity index (χ4v) is 4.58. The maximum absolute atomic E-state index is 12.7. The molecule has 0 bridgehead atoms. The lowest BCUT2D eigenvalue weighted by atomic mass is 10.1. The van der Waals surface area contributed by atoms with Crippen molar-refractivity contribution in [2.75, 3.05) is 18.5 Å². The summed E-state index contributed by atoms with van der Waals surface area (Å²) in [6.07, 6.45) is 0. The number of imidazole rings is 1. The summed E-state index contributed by atoms with van der Waals surface area (Å²) in [6, 6.07) is 10.8. The molecule has 0 aliphatic rings. The monoisotopic (exact) mass is 507 g/mol. The Kier molecular flexibility index (Phi) is 6.76. The SMILES string of the molecule is CC(=O)c1ccc2nc(Nc3nc4cc(C(=O)NCCO[Si](C)(C)C(C)(C)C)ccc4n3C)oc2c1. The van der Waals surface area contributed by atoms with Crippen LogP contribution in [0.3, 0.4) is 0 Å². The van der Waals surface area contributed by atoms with Crippen molar-refractivity contribution in [1.29, 1.82) is 0 Å². The molecule has 2 heterocycles. The number of aryl methyl sites for hydroxylation is 1. The van der Waals surface area contributed by atoms with Gasteiger partial charge >= 0.3 is 6.01 Å². The maximum atomic E-state index is 12.7. The van der Waals surface area contributed by atoms with Crippen molar-refractivity contribution in [1.82, 2.24) is 19.9 Å². The third-order valence-corrected chi connectivity index (χ3v) is 11.4. The number of benzene rings is 2. The molecule has 0 atom stereocenters. The van der Waals surface area contributed by atoms with Gasteiger partial charge in [0.1, 0.15) is 5.52 Å². The van der Waals surface area contributed by atoms with Crippen molar-refractivity contribution in [2.45, 2.75) is 45.8 Å². The number of rotatable bonds is 8. The van der Waals surface area contributed by atoms with Crippen LogP contribution in [0.1, 0.15) is 48.4 Å². The van der Waals surface area contributed by atoms with Crippen LogP contribution in [-0.4, -0.2) is 47.7 Å². The number of nitrogens with one attached hydrogen (secondary N) is 2.